The van der Waals surface area contributed by atoms with Crippen LogP contribution in [0, 0.1) is 12.8 Å². The number of rotatable bonds is 4. The Labute approximate surface area is 137 Å². The fourth-order valence-electron chi connectivity index (χ4n) is 3.12. The van der Waals surface area contributed by atoms with E-state index in [0.29, 0.717) is 6.54 Å². The Morgan fingerprint density at radius 3 is 2.86 bits per heavy atom. The largest absolute Gasteiger partial charge is 0.361 e. The first-order valence-electron chi connectivity index (χ1n) is 7.79. The number of hydrogen-bond acceptors (Lipinski definition) is 2. The molecule has 0 saturated carbocycles. The maximum Gasteiger partial charge on any atom is 0.223 e. The second-order valence-corrected chi connectivity index (χ2v) is 5.88. The number of carbonyl (C=O) groups excluding carboxylic acids is 1. The molecular weight excluding hydrogens is 298 g/mol. The van der Waals surface area contributed by atoms with Crippen molar-refractivity contribution in [1.29, 1.82) is 0 Å². The van der Waals surface area contributed by atoms with Crippen molar-refractivity contribution in [3.8, 4) is 0 Å². The van der Waals surface area contributed by atoms with Crippen molar-refractivity contribution >= 4 is 29.2 Å². The van der Waals surface area contributed by atoms with E-state index in [1.54, 1.807) is 0 Å². The van der Waals surface area contributed by atoms with Gasteiger partial charge in [0.15, 0.2) is 0 Å². The number of aromatic nitrogens is 1. The molecule has 120 valence electrons. The summed E-state index contributed by atoms with van der Waals surface area (Å²) in [5.74, 6) is 0.406. The van der Waals surface area contributed by atoms with Crippen molar-refractivity contribution in [3.05, 3.63) is 35.5 Å². The molecule has 0 unspecified atom stereocenters. The van der Waals surface area contributed by atoms with Crippen molar-refractivity contribution in [1.82, 2.24) is 15.6 Å². The van der Waals surface area contributed by atoms with Gasteiger partial charge >= 0.3 is 0 Å². The van der Waals surface area contributed by atoms with Crippen LogP contribution in [0.4, 0.5) is 0 Å². The zero-order valence-electron chi connectivity index (χ0n) is 12.9. The maximum absolute atomic E-state index is 12.1. The van der Waals surface area contributed by atoms with E-state index in [-0.39, 0.29) is 24.2 Å². The summed E-state index contributed by atoms with van der Waals surface area (Å²) in [7, 11) is 0. The van der Waals surface area contributed by atoms with Crippen molar-refractivity contribution in [3.63, 3.8) is 0 Å². The van der Waals surface area contributed by atoms with Crippen molar-refractivity contribution in [2.45, 2.75) is 26.2 Å². The van der Waals surface area contributed by atoms with E-state index in [0.717, 1.165) is 32.4 Å². The number of para-hydroxylation sites is 1. The number of benzene rings is 1. The quantitative estimate of drug-likeness (QED) is 0.810. The van der Waals surface area contributed by atoms with E-state index < -0.39 is 0 Å². The predicted octanol–water partition coefficient (Wildman–Crippen LogP) is 2.56. The number of nitrogens with one attached hydrogen (secondary N) is 3. The second-order valence-electron chi connectivity index (χ2n) is 5.88. The molecule has 1 fully saturated rings. The lowest BCUT2D eigenvalue weighted by molar-refractivity contribution is -0.125. The van der Waals surface area contributed by atoms with Gasteiger partial charge in [0.2, 0.25) is 5.91 Å². The molecule has 0 aliphatic carbocycles. The molecule has 4 nitrogen and oxygen atoms in total. The molecule has 0 radical (unpaired) electrons. The first-order valence-corrected chi connectivity index (χ1v) is 7.79. The Morgan fingerprint density at radius 1 is 1.32 bits per heavy atom. The Bertz CT molecular complexity index is 632. The van der Waals surface area contributed by atoms with Gasteiger partial charge in [0.05, 0.1) is 0 Å². The molecule has 1 aliphatic rings. The number of aryl methyl sites for hydroxylation is 1. The van der Waals surface area contributed by atoms with E-state index in [2.05, 4.69) is 46.9 Å². The molecule has 1 aromatic heterocycles. The van der Waals surface area contributed by atoms with Crippen LogP contribution in [0.2, 0.25) is 0 Å². The average molecular weight is 322 g/mol. The van der Waals surface area contributed by atoms with E-state index >= 15 is 0 Å². The van der Waals surface area contributed by atoms with Crippen LogP contribution in [-0.4, -0.2) is 30.5 Å². The van der Waals surface area contributed by atoms with Crippen molar-refractivity contribution in [2.75, 3.05) is 19.6 Å². The van der Waals surface area contributed by atoms with Gasteiger partial charge in [0.1, 0.15) is 0 Å². The Kier molecular flexibility index (Phi) is 5.86. The van der Waals surface area contributed by atoms with Gasteiger partial charge in [-0.2, -0.15) is 0 Å². The van der Waals surface area contributed by atoms with Gasteiger partial charge in [0, 0.05) is 29.6 Å². The van der Waals surface area contributed by atoms with E-state index in [1.165, 1.54) is 22.0 Å². The number of fused-ring (bicyclic) bond motifs is 1. The van der Waals surface area contributed by atoms with Crippen LogP contribution in [0.25, 0.3) is 10.9 Å². The lowest BCUT2D eigenvalue weighted by Gasteiger charge is -2.21. The topological polar surface area (TPSA) is 56.9 Å². The molecule has 1 aromatic carbocycles. The lowest BCUT2D eigenvalue weighted by Crippen LogP contribution is -2.38. The summed E-state index contributed by atoms with van der Waals surface area (Å²) >= 11 is 0. The summed E-state index contributed by atoms with van der Waals surface area (Å²) in [6.45, 7) is 4.74. The van der Waals surface area contributed by atoms with Gasteiger partial charge in [0.25, 0.3) is 0 Å². The molecule has 1 aliphatic heterocycles. The number of aromatic amines is 1. The van der Waals surface area contributed by atoms with Crippen LogP contribution in [0.15, 0.2) is 24.4 Å². The minimum atomic E-state index is 0. The molecule has 5 heteroatoms. The minimum Gasteiger partial charge on any atom is -0.361 e. The molecule has 0 bridgehead atoms. The van der Waals surface area contributed by atoms with Gasteiger partial charge < -0.3 is 15.6 Å². The minimum absolute atomic E-state index is 0. The molecule has 0 atom stereocenters. The number of carbonyl (C=O) groups is 1. The third kappa shape index (κ3) is 3.62. The van der Waals surface area contributed by atoms with Gasteiger partial charge in [-0.3, -0.25) is 4.79 Å². The molecule has 1 amide bonds. The number of amides is 1. The molecule has 3 N–H and O–H groups in total. The van der Waals surface area contributed by atoms with Gasteiger partial charge in [-0.05, 0) is 50.4 Å². The number of H-pyrrole nitrogens is 1. The first kappa shape index (κ1) is 16.8. The third-order valence-electron chi connectivity index (χ3n) is 4.41. The van der Waals surface area contributed by atoms with Gasteiger partial charge in [-0.15, -0.1) is 12.4 Å². The van der Waals surface area contributed by atoms with Crippen LogP contribution in [-0.2, 0) is 11.2 Å². The molecule has 3 rings (SSSR count). The summed E-state index contributed by atoms with van der Waals surface area (Å²) in [4.78, 5) is 15.4. The summed E-state index contributed by atoms with van der Waals surface area (Å²) in [6, 6.07) is 6.34. The van der Waals surface area contributed by atoms with E-state index in [9.17, 15) is 4.79 Å². The van der Waals surface area contributed by atoms with Crippen LogP contribution < -0.4 is 10.6 Å². The summed E-state index contributed by atoms with van der Waals surface area (Å²) in [5, 5.41) is 7.65. The highest BCUT2D eigenvalue weighted by molar-refractivity contribution is 5.86. The average Bonchev–Trinajstić information content (AvgIpc) is 2.93. The molecule has 2 heterocycles. The lowest BCUT2D eigenvalue weighted by atomic mass is 9.97. The SMILES string of the molecule is Cc1cccc2c(CCNC(=O)C3CCNCC3)c[nH]c12.Cl. The first-order chi connectivity index (χ1) is 10.3. The predicted molar refractivity (Wildman–Crippen MR) is 92.6 cm³/mol. The van der Waals surface area contributed by atoms with Gasteiger partial charge in [-0.1, -0.05) is 18.2 Å². The highest BCUT2D eigenvalue weighted by atomic mass is 35.5. The number of halogens is 1. The maximum atomic E-state index is 12.1. The highest BCUT2D eigenvalue weighted by Crippen LogP contribution is 2.21. The third-order valence-corrected chi connectivity index (χ3v) is 4.41. The second kappa shape index (κ2) is 7.65. The smallest absolute Gasteiger partial charge is 0.223 e. The summed E-state index contributed by atoms with van der Waals surface area (Å²) in [5.41, 5.74) is 3.74. The monoisotopic (exact) mass is 321 g/mol. The number of hydrogen-bond donors (Lipinski definition) is 3. The molecule has 0 spiro atoms. The summed E-state index contributed by atoms with van der Waals surface area (Å²) in [6.07, 6.45) is 4.85. The van der Waals surface area contributed by atoms with Crippen LogP contribution in [0.3, 0.4) is 0 Å². The Hall–Kier alpha value is -1.52. The normalized spacial score (nSPS) is 15.5. The van der Waals surface area contributed by atoms with Crippen LogP contribution >= 0.6 is 12.4 Å². The highest BCUT2D eigenvalue weighted by Gasteiger charge is 2.20. The summed E-state index contributed by atoms with van der Waals surface area (Å²) < 4.78 is 0. The zero-order chi connectivity index (χ0) is 14.7. The zero-order valence-corrected chi connectivity index (χ0v) is 13.8. The van der Waals surface area contributed by atoms with Crippen LogP contribution in [0.1, 0.15) is 24.0 Å². The van der Waals surface area contributed by atoms with Gasteiger partial charge in [-0.25, -0.2) is 0 Å². The Morgan fingerprint density at radius 2 is 2.09 bits per heavy atom. The van der Waals surface area contributed by atoms with Crippen LogP contribution in [0.5, 0.6) is 0 Å². The van der Waals surface area contributed by atoms with E-state index in [1.807, 2.05) is 0 Å². The Balaban J connectivity index is 0.00000176. The fraction of sp³-hybridized carbons (Fsp3) is 0.471. The molecule has 22 heavy (non-hydrogen) atoms. The molecular formula is C17H24ClN3O. The fourth-order valence-corrected chi connectivity index (χ4v) is 3.12. The molecule has 1 saturated heterocycles. The van der Waals surface area contributed by atoms with Crippen molar-refractivity contribution in [2.24, 2.45) is 5.92 Å². The van der Waals surface area contributed by atoms with Crippen molar-refractivity contribution < 1.29 is 4.79 Å². The van der Waals surface area contributed by atoms with E-state index in [4.69, 9.17) is 0 Å². The standard InChI is InChI=1S/C17H23N3O.ClH/c1-12-3-2-4-15-14(11-20-16(12)15)7-10-19-17(21)13-5-8-18-9-6-13;/h2-4,11,13,18,20H,5-10H2,1H3,(H,19,21);1H. The molecule has 2 aromatic rings. The number of piperidine rings is 1.